The van der Waals surface area contributed by atoms with Crippen LogP contribution in [-0.2, 0) is 19.2 Å². The van der Waals surface area contributed by atoms with Crippen LogP contribution in [0.3, 0.4) is 0 Å². The topological polar surface area (TPSA) is 133 Å². The summed E-state index contributed by atoms with van der Waals surface area (Å²) in [5.74, 6) is -5.17. The van der Waals surface area contributed by atoms with Crippen LogP contribution in [0.2, 0.25) is 0 Å². The SMILES string of the molecule is CCCC/C=C/CCN1C(=O)C2C(c3ccc(Oc4ccccc4)cc3)NC(CC(=O)O)(C(=O)O)C2C1=O. The van der Waals surface area contributed by atoms with Gasteiger partial charge in [0.05, 0.1) is 18.3 Å². The number of carbonyl (C=O) groups excluding carboxylic acids is 2. The van der Waals surface area contributed by atoms with Gasteiger partial charge in [0.15, 0.2) is 0 Å². The highest BCUT2D eigenvalue weighted by atomic mass is 16.5. The Balaban J connectivity index is 1.62. The van der Waals surface area contributed by atoms with E-state index in [4.69, 9.17) is 4.74 Å². The molecule has 0 radical (unpaired) electrons. The molecule has 2 heterocycles. The van der Waals surface area contributed by atoms with Crippen LogP contribution in [0.5, 0.6) is 11.5 Å². The lowest BCUT2D eigenvalue weighted by Crippen LogP contribution is -2.57. The second kappa shape index (κ2) is 11.6. The molecular formula is C29H32N2O7. The van der Waals surface area contributed by atoms with Gasteiger partial charge in [-0.25, -0.2) is 0 Å². The number of nitrogens with one attached hydrogen (secondary N) is 1. The Kier molecular flexibility index (Phi) is 8.26. The van der Waals surface area contributed by atoms with Crippen molar-refractivity contribution in [1.82, 2.24) is 10.2 Å². The van der Waals surface area contributed by atoms with Gasteiger partial charge in [0.1, 0.15) is 17.0 Å². The zero-order chi connectivity index (χ0) is 27.3. The number of ether oxygens (including phenoxy) is 1. The number of aliphatic carboxylic acids is 2. The van der Waals surface area contributed by atoms with Crippen molar-refractivity contribution in [3.63, 3.8) is 0 Å². The third-order valence-electron chi connectivity index (χ3n) is 7.19. The van der Waals surface area contributed by atoms with Crippen LogP contribution in [-0.4, -0.2) is 50.9 Å². The van der Waals surface area contributed by atoms with Gasteiger partial charge >= 0.3 is 11.9 Å². The number of rotatable bonds is 12. The molecule has 2 aliphatic rings. The van der Waals surface area contributed by atoms with Crippen molar-refractivity contribution in [2.45, 2.75) is 50.6 Å². The van der Waals surface area contributed by atoms with E-state index in [1.54, 1.807) is 36.4 Å². The number of benzene rings is 2. The summed E-state index contributed by atoms with van der Waals surface area (Å²) in [4.78, 5) is 52.3. The van der Waals surface area contributed by atoms with Gasteiger partial charge in [-0.3, -0.25) is 29.4 Å². The fourth-order valence-corrected chi connectivity index (χ4v) is 5.37. The molecule has 4 atom stereocenters. The molecule has 2 aromatic carbocycles. The van der Waals surface area contributed by atoms with Crippen molar-refractivity contribution in [3.8, 4) is 11.5 Å². The van der Waals surface area contributed by atoms with Gasteiger partial charge in [-0.15, -0.1) is 0 Å². The number of hydrogen-bond donors (Lipinski definition) is 3. The number of carbonyl (C=O) groups is 4. The average Bonchev–Trinajstić information content (AvgIpc) is 3.36. The second-order valence-electron chi connectivity index (χ2n) is 9.69. The number of allylic oxidation sites excluding steroid dienone is 1. The summed E-state index contributed by atoms with van der Waals surface area (Å²) in [5, 5.41) is 22.6. The lowest BCUT2D eigenvalue weighted by molar-refractivity contribution is -0.156. The average molecular weight is 521 g/mol. The molecule has 0 aliphatic carbocycles. The van der Waals surface area contributed by atoms with E-state index in [1.165, 1.54) is 0 Å². The van der Waals surface area contributed by atoms with Crippen LogP contribution in [0.15, 0.2) is 66.7 Å². The number of nitrogens with zero attached hydrogens (tertiary/aromatic N) is 1. The smallest absolute Gasteiger partial charge is 0.325 e. The van der Waals surface area contributed by atoms with E-state index in [0.29, 0.717) is 23.5 Å². The number of hydrogen-bond acceptors (Lipinski definition) is 6. The summed E-state index contributed by atoms with van der Waals surface area (Å²) in [7, 11) is 0. The molecule has 2 amide bonds. The first-order valence-electron chi connectivity index (χ1n) is 12.8. The Morgan fingerprint density at radius 2 is 1.63 bits per heavy atom. The zero-order valence-electron chi connectivity index (χ0n) is 21.2. The van der Waals surface area contributed by atoms with Crippen LogP contribution in [0.4, 0.5) is 0 Å². The van der Waals surface area contributed by atoms with E-state index < -0.39 is 53.6 Å². The molecule has 2 aliphatic heterocycles. The maximum Gasteiger partial charge on any atom is 0.325 e. The van der Waals surface area contributed by atoms with E-state index >= 15 is 0 Å². The molecule has 2 aromatic rings. The quantitative estimate of drug-likeness (QED) is 0.216. The van der Waals surface area contributed by atoms with Crippen LogP contribution < -0.4 is 10.1 Å². The summed E-state index contributed by atoms with van der Waals surface area (Å²) in [6.07, 6.45) is 6.53. The number of carboxylic acid groups (broad SMARTS) is 2. The number of likely N-dealkylation sites (tertiary alicyclic amines) is 1. The lowest BCUT2D eigenvalue weighted by Gasteiger charge is -2.29. The first-order valence-corrected chi connectivity index (χ1v) is 12.8. The Hall–Kier alpha value is -3.98. The minimum Gasteiger partial charge on any atom is -0.481 e. The van der Waals surface area contributed by atoms with Crippen LogP contribution in [0, 0.1) is 11.8 Å². The fourth-order valence-electron chi connectivity index (χ4n) is 5.37. The molecule has 2 saturated heterocycles. The molecule has 9 heteroatoms. The van der Waals surface area contributed by atoms with Gasteiger partial charge in [0.25, 0.3) is 0 Å². The van der Waals surface area contributed by atoms with E-state index in [9.17, 15) is 29.4 Å². The highest BCUT2D eigenvalue weighted by Gasteiger charge is 2.68. The van der Waals surface area contributed by atoms with Crippen LogP contribution in [0.25, 0.3) is 0 Å². The standard InChI is InChI=1S/C29H32N2O7/c1-2-3-4-5-6-10-17-31-26(34)23-24(27(31)35)29(28(36)37,18-22(32)33)30-25(23)19-13-15-21(16-14-19)38-20-11-8-7-9-12-20/h5-9,11-16,23-25,30H,2-4,10,17-18H2,1H3,(H,32,33)(H,36,37)/b6-5+. The van der Waals surface area contributed by atoms with Crippen LogP contribution in [0.1, 0.15) is 50.6 Å². The minimum atomic E-state index is -2.11. The van der Waals surface area contributed by atoms with Gasteiger partial charge in [-0.05, 0) is 42.7 Å². The number of fused-ring (bicyclic) bond motifs is 1. The van der Waals surface area contributed by atoms with Gasteiger partial charge < -0.3 is 14.9 Å². The van der Waals surface area contributed by atoms with Crippen molar-refractivity contribution in [3.05, 3.63) is 72.3 Å². The number of imide groups is 1. The predicted octanol–water partition coefficient (Wildman–Crippen LogP) is 4.16. The van der Waals surface area contributed by atoms with Gasteiger partial charge in [-0.2, -0.15) is 0 Å². The Morgan fingerprint density at radius 1 is 0.974 bits per heavy atom. The zero-order valence-corrected chi connectivity index (χ0v) is 21.2. The molecule has 0 spiro atoms. The summed E-state index contributed by atoms with van der Waals surface area (Å²) in [5.41, 5.74) is -1.55. The van der Waals surface area contributed by atoms with Crippen molar-refractivity contribution < 1.29 is 34.1 Å². The maximum absolute atomic E-state index is 13.5. The van der Waals surface area contributed by atoms with E-state index in [0.717, 1.165) is 24.2 Å². The summed E-state index contributed by atoms with van der Waals surface area (Å²) >= 11 is 0. The lowest BCUT2D eigenvalue weighted by atomic mass is 9.77. The largest absolute Gasteiger partial charge is 0.481 e. The number of para-hydroxylation sites is 1. The highest BCUT2D eigenvalue weighted by molar-refractivity contribution is 6.10. The molecule has 4 unspecified atom stereocenters. The third kappa shape index (κ3) is 5.33. The molecule has 200 valence electrons. The molecule has 0 bridgehead atoms. The Bertz CT molecular complexity index is 1210. The number of unbranched alkanes of at least 4 members (excludes halogenated alkanes) is 2. The molecule has 0 saturated carbocycles. The van der Waals surface area contributed by atoms with Gasteiger partial charge in [0, 0.05) is 12.6 Å². The Morgan fingerprint density at radius 3 is 2.26 bits per heavy atom. The van der Waals surface area contributed by atoms with Gasteiger partial charge in [0.2, 0.25) is 11.8 Å². The highest BCUT2D eigenvalue weighted by Crippen LogP contribution is 2.50. The monoisotopic (exact) mass is 520 g/mol. The maximum atomic E-state index is 13.5. The first-order chi connectivity index (χ1) is 18.3. The molecule has 4 rings (SSSR count). The summed E-state index contributed by atoms with van der Waals surface area (Å²) < 4.78 is 5.82. The minimum absolute atomic E-state index is 0.118. The molecule has 0 aromatic heterocycles. The van der Waals surface area contributed by atoms with E-state index in [-0.39, 0.29) is 6.54 Å². The fraction of sp³-hybridized carbons (Fsp3) is 0.379. The normalized spacial score (nSPS) is 24.7. The van der Waals surface area contributed by atoms with Crippen molar-refractivity contribution in [2.75, 3.05) is 6.54 Å². The van der Waals surface area contributed by atoms with Gasteiger partial charge in [-0.1, -0.05) is 62.2 Å². The third-order valence-corrected chi connectivity index (χ3v) is 7.19. The molecule has 2 fully saturated rings. The predicted molar refractivity (Wildman–Crippen MR) is 138 cm³/mol. The molecule has 3 N–H and O–H groups in total. The molecule has 38 heavy (non-hydrogen) atoms. The van der Waals surface area contributed by atoms with E-state index in [1.807, 2.05) is 30.4 Å². The number of carboxylic acids is 2. The van der Waals surface area contributed by atoms with Crippen molar-refractivity contribution in [2.24, 2.45) is 11.8 Å². The van der Waals surface area contributed by atoms with Crippen molar-refractivity contribution in [1.29, 1.82) is 0 Å². The van der Waals surface area contributed by atoms with Crippen molar-refractivity contribution >= 4 is 23.8 Å². The molecule has 9 nitrogen and oxygen atoms in total. The van der Waals surface area contributed by atoms with E-state index in [2.05, 4.69) is 12.2 Å². The summed E-state index contributed by atoms with van der Waals surface area (Å²) in [6.45, 7) is 2.21. The molecular weight excluding hydrogens is 488 g/mol. The Labute approximate surface area is 221 Å². The second-order valence-corrected chi connectivity index (χ2v) is 9.69. The summed E-state index contributed by atoms with van der Waals surface area (Å²) in [6, 6.07) is 15.1. The number of amides is 2. The van der Waals surface area contributed by atoms with Crippen LogP contribution >= 0.6 is 0 Å². The first kappa shape index (κ1) is 27.1.